The Hall–Kier alpha value is -1.39. The van der Waals surface area contributed by atoms with Crippen LogP contribution in [0.25, 0.3) is 0 Å². The predicted octanol–water partition coefficient (Wildman–Crippen LogP) is 3.74. The van der Waals surface area contributed by atoms with Crippen LogP contribution in [0.1, 0.15) is 25.3 Å². The van der Waals surface area contributed by atoms with Gasteiger partial charge in [0.1, 0.15) is 0 Å². The van der Waals surface area contributed by atoms with Gasteiger partial charge in [0.2, 0.25) is 0 Å². The lowest BCUT2D eigenvalue weighted by atomic mass is 10.1. The molecule has 0 spiro atoms. The van der Waals surface area contributed by atoms with E-state index in [1.807, 2.05) is 6.92 Å². The molecule has 0 bridgehead atoms. The third kappa shape index (κ3) is 2.71. The minimum Gasteiger partial charge on any atom is -0.384 e. The Morgan fingerprint density at radius 2 is 1.89 bits per heavy atom. The van der Waals surface area contributed by atoms with Gasteiger partial charge in [-0.15, -0.1) is 0 Å². The van der Waals surface area contributed by atoms with Crippen LogP contribution in [0.3, 0.4) is 0 Å². The van der Waals surface area contributed by atoms with E-state index >= 15 is 0 Å². The summed E-state index contributed by atoms with van der Waals surface area (Å²) in [5.41, 5.74) is 0.859. The lowest BCUT2D eigenvalue weighted by molar-refractivity contribution is -0.137. The van der Waals surface area contributed by atoms with E-state index in [-0.39, 0.29) is 0 Å². The number of benzene rings is 1. The number of alkyl halides is 3. The quantitative estimate of drug-likeness (QED) is 0.888. The first-order valence-corrected chi connectivity index (χ1v) is 6.22. The highest BCUT2D eigenvalue weighted by atomic mass is 19.4. The molecule has 1 aromatic rings. The maximum Gasteiger partial charge on any atom is 0.416 e. The van der Waals surface area contributed by atoms with Gasteiger partial charge in [0.05, 0.1) is 16.9 Å². The predicted molar refractivity (Wildman–Crippen MR) is 67.1 cm³/mol. The van der Waals surface area contributed by atoms with Crippen molar-refractivity contribution in [1.82, 2.24) is 0 Å². The third-order valence-corrected chi connectivity index (χ3v) is 3.14. The molecule has 1 N–H and O–H groups in total. The second-order valence-electron chi connectivity index (χ2n) is 4.45. The zero-order valence-electron chi connectivity index (χ0n) is 10.3. The highest BCUT2D eigenvalue weighted by molar-refractivity contribution is 5.71. The van der Waals surface area contributed by atoms with E-state index in [1.54, 1.807) is 6.07 Å². The van der Waals surface area contributed by atoms with Gasteiger partial charge in [0, 0.05) is 19.6 Å². The molecule has 0 atom stereocenters. The first-order valence-electron chi connectivity index (χ1n) is 6.22. The summed E-state index contributed by atoms with van der Waals surface area (Å²) in [6.45, 7) is 4.34. The lowest BCUT2D eigenvalue weighted by Gasteiger charge is -2.23. The van der Waals surface area contributed by atoms with Crippen LogP contribution in [0.2, 0.25) is 0 Å². The number of hydrogen-bond donors (Lipinski definition) is 1. The van der Waals surface area contributed by atoms with Crippen molar-refractivity contribution in [2.75, 3.05) is 29.9 Å². The largest absolute Gasteiger partial charge is 0.416 e. The smallest absolute Gasteiger partial charge is 0.384 e. The van der Waals surface area contributed by atoms with Gasteiger partial charge in [-0.3, -0.25) is 0 Å². The zero-order valence-corrected chi connectivity index (χ0v) is 10.3. The summed E-state index contributed by atoms with van der Waals surface area (Å²) in [6, 6.07) is 3.94. The molecular weight excluding hydrogens is 241 g/mol. The second-order valence-corrected chi connectivity index (χ2v) is 4.45. The summed E-state index contributed by atoms with van der Waals surface area (Å²) in [7, 11) is 0. The zero-order chi connectivity index (χ0) is 13.2. The van der Waals surface area contributed by atoms with Crippen molar-refractivity contribution in [3.63, 3.8) is 0 Å². The number of hydrogen-bond acceptors (Lipinski definition) is 2. The number of nitrogens with zero attached hydrogens (tertiary/aromatic N) is 1. The molecule has 0 unspecified atom stereocenters. The first kappa shape index (κ1) is 13.1. The van der Waals surface area contributed by atoms with Crippen molar-refractivity contribution in [3.8, 4) is 0 Å². The van der Waals surface area contributed by atoms with Crippen molar-refractivity contribution in [2.24, 2.45) is 0 Å². The number of nitrogens with one attached hydrogen (secondary N) is 1. The molecule has 1 fully saturated rings. The monoisotopic (exact) mass is 258 g/mol. The van der Waals surface area contributed by atoms with Crippen molar-refractivity contribution in [2.45, 2.75) is 25.9 Å². The highest BCUT2D eigenvalue weighted by Crippen LogP contribution is 2.36. The van der Waals surface area contributed by atoms with Gasteiger partial charge < -0.3 is 10.2 Å². The van der Waals surface area contributed by atoms with Crippen LogP contribution in [0.4, 0.5) is 24.5 Å². The molecule has 1 aliphatic rings. The summed E-state index contributed by atoms with van der Waals surface area (Å²) >= 11 is 0. The lowest BCUT2D eigenvalue weighted by Crippen LogP contribution is -2.20. The van der Waals surface area contributed by atoms with E-state index in [4.69, 9.17) is 0 Å². The van der Waals surface area contributed by atoms with Crippen molar-refractivity contribution in [1.29, 1.82) is 0 Å². The van der Waals surface area contributed by atoms with E-state index in [0.29, 0.717) is 12.2 Å². The second kappa shape index (κ2) is 5.08. The normalized spacial score (nSPS) is 16.1. The molecule has 0 saturated carbocycles. The Labute approximate surface area is 105 Å². The molecule has 100 valence electrons. The van der Waals surface area contributed by atoms with Gasteiger partial charge in [-0.2, -0.15) is 13.2 Å². The maximum atomic E-state index is 12.7. The standard InChI is InChI=1S/C13H17F3N2/c1-2-17-11-9-10(13(14,15)16)5-6-12(11)18-7-3-4-8-18/h5-6,9,17H,2-4,7-8H2,1H3. The van der Waals surface area contributed by atoms with Gasteiger partial charge >= 0.3 is 6.18 Å². The van der Waals surface area contributed by atoms with Crippen LogP contribution in [-0.2, 0) is 6.18 Å². The molecule has 5 heteroatoms. The molecule has 2 nitrogen and oxygen atoms in total. The fraction of sp³-hybridized carbons (Fsp3) is 0.538. The Kier molecular flexibility index (Phi) is 3.68. The van der Waals surface area contributed by atoms with E-state index in [1.165, 1.54) is 6.07 Å². The summed E-state index contributed by atoms with van der Waals surface area (Å²) in [6.07, 6.45) is -2.08. The Balaban J connectivity index is 2.34. The first-order chi connectivity index (χ1) is 8.52. The Bertz CT molecular complexity index is 409. The van der Waals surface area contributed by atoms with Gasteiger partial charge in [0.15, 0.2) is 0 Å². The molecule has 0 amide bonds. The molecule has 18 heavy (non-hydrogen) atoms. The number of anilines is 2. The summed E-state index contributed by atoms with van der Waals surface area (Å²) in [5, 5.41) is 3.02. The molecule has 1 aliphatic heterocycles. The van der Waals surface area contributed by atoms with Crippen LogP contribution in [-0.4, -0.2) is 19.6 Å². The molecule has 1 heterocycles. The average Bonchev–Trinajstić information content (AvgIpc) is 2.81. The summed E-state index contributed by atoms with van der Waals surface area (Å²) < 4.78 is 38.0. The molecule has 0 aromatic heterocycles. The van der Waals surface area contributed by atoms with Crippen LogP contribution >= 0.6 is 0 Å². The minimum absolute atomic E-state index is 0.578. The molecule has 0 radical (unpaired) electrons. The minimum atomic E-state index is -4.28. The molecule has 0 aliphatic carbocycles. The molecule has 1 aromatic carbocycles. The van der Waals surface area contributed by atoms with Crippen LogP contribution in [0, 0.1) is 0 Å². The van der Waals surface area contributed by atoms with Crippen LogP contribution in [0.15, 0.2) is 18.2 Å². The maximum absolute atomic E-state index is 12.7. The summed E-state index contributed by atoms with van der Waals surface area (Å²) in [5.74, 6) is 0. The number of rotatable bonds is 3. The fourth-order valence-corrected chi connectivity index (χ4v) is 2.28. The van der Waals surface area contributed by atoms with E-state index in [9.17, 15) is 13.2 Å². The topological polar surface area (TPSA) is 15.3 Å². The van der Waals surface area contributed by atoms with Gasteiger partial charge in [-0.05, 0) is 38.0 Å². The van der Waals surface area contributed by atoms with Crippen molar-refractivity contribution in [3.05, 3.63) is 23.8 Å². The average molecular weight is 258 g/mol. The van der Waals surface area contributed by atoms with E-state index < -0.39 is 11.7 Å². The Morgan fingerprint density at radius 3 is 2.44 bits per heavy atom. The fourth-order valence-electron chi connectivity index (χ4n) is 2.28. The highest BCUT2D eigenvalue weighted by Gasteiger charge is 2.31. The van der Waals surface area contributed by atoms with Crippen LogP contribution < -0.4 is 10.2 Å². The van der Waals surface area contributed by atoms with E-state index in [2.05, 4.69) is 10.2 Å². The third-order valence-electron chi connectivity index (χ3n) is 3.14. The van der Waals surface area contributed by atoms with Gasteiger partial charge in [-0.1, -0.05) is 0 Å². The SMILES string of the molecule is CCNc1cc(C(F)(F)F)ccc1N1CCCC1. The Morgan fingerprint density at radius 1 is 1.22 bits per heavy atom. The number of halogens is 3. The summed E-state index contributed by atoms with van der Waals surface area (Å²) in [4.78, 5) is 2.14. The van der Waals surface area contributed by atoms with Crippen molar-refractivity contribution >= 4 is 11.4 Å². The van der Waals surface area contributed by atoms with E-state index in [0.717, 1.165) is 37.7 Å². The van der Waals surface area contributed by atoms with Gasteiger partial charge in [0.25, 0.3) is 0 Å². The molecule has 1 saturated heterocycles. The molecule has 2 rings (SSSR count). The van der Waals surface area contributed by atoms with Gasteiger partial charge in [-0.25, -0.2) is 0 Å². The van der Waals surface area contributed by atoms with Crippen molar-refractivity contribution < 1.29 is 13.2 Å². The molecular formula is C13H17F3N2. The van der Waals surface area contributed by atoms with Crippen LogP contribution in [0.5, 0.6) is 0 Å².